The van der Waals surface area contributed by atoms with Crippen molar-refractivity contribution < 1.29 is 14.2 Å². The molecule has 1 aromatic carbocycles. The summed E-state index contributed by atoms with van der Waals surface area (Å²) in [4.78, 5) is 4.35. The highest BCUT2D eigenvalue weighted by Crippen LogP contribution is 2.36. The van der Waals surface area contributed by atoms with Gasteiger partial charge in [-0.1, -0.05) is 6.42 Å². The second kappa shape index (κ2) is 6.48. The smallest absolute Gasteiger partial charge is 0.143 e. The van der Waals surface area contributed by atoms with Crippen molar-refractivity contribution in [3.05, 3.63) is 36.4 Å². The third-order valence-corrected chi connectivity index (χ3v) is 4.49. The summed E-state index contributed by atoms with van der Waals surface area (Å²) in [7, 11) is 1.57. The lowest BCUT2D eigenvalue weighted by atomic mass is 9.86. The van der Waals surface area contributed by atoms with Crippen molar-refractivity contribution in [1.82, 2.24) is 9.55 Å². The van der Waals surface area contributed by atoms with E-state index in [1.807, 2.05) is 10.8 Å². The summed E-state index contributed by atoms with van der Waals surface area (Å²) in [5.74, 6) is 1.26. The van der Waals surface area contributed by atoms with Gasteiger partial charge in [0.05, 0.1) is 12.7 Å². The van der Waals surface area contributed by atoms with Crippen LogP contribution in [0.5, 0.6) is 5.75 Å². The molecule has 22 heavy (non-hydrogen) atoms. The van der Waals surface area contributed by atoms with Crippen molar-refractivity contribution in [2.24, 2.45) is 5.92 Å². The number of aliphatic hydroxyl groups is 1. The van der Waals surface area contributed by atoms with Crippen LogP contribution in [0.2, 0.25) is 0 Å². The molecule has 4 nitrogen and oxygen atoms in total. The SMILES string of the molecule is COc1ccc(F)c(-c2nccn2[C@@H]2CCC[C@H](CO)C2)c1. The Morgan fingerprint density at radius 1 is 1.41 bits per heavy atom. The molecule has 0 bridgehead atoms. The molecule has 118 valence electrons. The Morgan fingerprint density at radius 2 is 2.27 bits per heavy atom. The number of rotatable bonds is 4. The lowest BCUT2D eigenvalue weighted by molar-refractivity contribution is 0.163. The average Bonchev–Trinajstić information content (AvgIpc) is 3.05. The van der Waals surface area contributed by atoms with Crippen molar-refractivity contribution in [3.8, 4) is 17.1 Å². The van der Waals surface area contributed by atoms with Gasteiger partial charge in [-0.15, -0.1) is 0 Å². The number of imidazole rings is 1. The Morgan fingerprint density at radius 3 is 3.05 bits per heavy atom. The number of hydrogen-bond acceptors (Lipinski definition) is 3. The number of aliphatic hydroxyl groups excluding tert-OH is 1. The number of benzene rings is 1. The number of hydrogen-bond donors (Lipinski definition) is 1. The maximum atomic E-state index is 14.2. The van der Waals surface area contributed by atoms with Crippen molar-refractivity contribution in [2.45, 2.75) is 31.7 Å². The van der Waals surface area contributed by atoms with E-state index in [0.29, 0.717) is 23.1 Å². The molecule has 1 heterocycles. The maximum Gasteiger partial charge on any atom is 0.143 e. The van der Waals surface area contributed by atoms with Gasteiger partial charge >= 0.3 is 0 Å². The minimum absolute atomic E-state index is 0.216. The fourth-order valence-electron chi connectivity index (χ4n) is 3.30. The number of aromatic nitrogens is 2. The summed E-state index contributed by atoms with van der Waals surface area (Å²) in [6.45, 7) is 0.216. The number of methoxy groups -OCH3 is 1. The van der Waals surface area contributed by atoms with Crippen molar-refractivity contribution in [2.75, 3.05) is 13.7 Å². The summed E-state index contributed by atoms with van der Waals surface area (Å²) < 4.78 is 21.4. The van der Waals surface area contributed by atoms with Gasteiger partial charge in [0.15, 0.2) is 0 Å². The van der Waals surface area contributed by atoms with E-state index in [9.17, 15) is 9.50 Å². The lowest BCUT2D eigenvalue weighted by Gasteiger charge is -2.30. The van der Waals surface area contributed by atoms with Crippen LogP contribution in [-0.4, -0.2) is 28.4 Å². The highest BCUT2D eigenvalue weighted by molar-refractivity contribution is 5.59. The second-order valence-electron chi connectivity index (χ2n) is 5.87. The summed E-state index contributed by atoms with van der Waals surface area (Å²) >= 11 is 0. The van der Waals surface area contributed by atoms with Crippen LogP contribution in [0, 0.1) is 11.7 Å². The zero-order valence-electron chi connectivity index (χ0n) is 12.7. The van der Waals surface area contributed by atoms with Gasteiger partial charge in [0.25, 0.3) is 0 Å². The standard InChI is InChI=1S/C17H21FN2O2/c1-22-14-5-6-16(18)15(10-14)17-19-7-8-20(17)13-4-2-3-12(9-13)11-21/h5-8,10,12-13,21H,2-4,9,11H2,1H3/t12-,13+/m0/s1. The van der Waals surface area contributed by atoms with E-state index < -0.39 is 0 Å². The topological polar surface area (TPSA) is 47.3 Å². The third-order valence-electron chi connectivity index (χ3n) is 4.49. The molecule has 0 unspecified atom stereocenters. The Balaban J connectivity index is 1.95. The van der Waals surface area contributed by atoms with E-state index in [-0.39, 0.29) is 18.5 Å². The molecule has 1 aliphatic rings. The fourth-order valence-corrected chi connectivity index (χ4v) is 3.30. The Kier molecular flexibility index (Phi) is 4.43. The molecule has 0 radical (unpaired) electrons. The highest BCUT2D eigenvalue weighted by Gasteiger charge is 2.25. The largest absolute Gasteiger partial charge is 0.497 e. The first-order chi connectivity index (χ1) is 10.7. The normalized spacial score (nSPS) is 21.8. The molecular weight excluding hydrogens is 283 g/mol. The van der Waals surface area contributed by atoms with Gasteiger partial charge in [0.2, 0.25) is 0 Å². The van der Waals surface area contributed by atoms with Crippen LogP contribution in [0.3, 0.4) is 0 Å². The van der Waals surface area contributed by atoms with Gasteiger partial charge in [-0.05, 0) is 43.4 Å². The monoisotopic (exact) mass is 304 g/mol. The third kappa shape index (κ3) is 2.86. The van der Waals surface area contributed by atoms with Crippen molar-refractivity contribution in [1.29, 1.82) is 0 Å². The molecule has 3 rings (SSSR count). The van der Waals surface area contributed by atoms with E-state index in [1.54, 1.807) is 25.4 Å². The second-order valence-corrected chi connectivity index (χ2v) is 5.87. The predicted molar refractivity (Wildman–Crippen MR) is 82.3 cm³/mol. The number of nitrogens with zero attached hydrogens (tertiary/aromatic N) is 2. The van der Waals surface area contributed by atoms with E-state index in [1.165, 1.54) is 6.07 Å². The molecule has 0 aliphatic heterocycles. The first-order valence-electron chi connectivity index (χ1n) is 7.70. The van der Waals surface area contributed by atoms with Gasteiger partial charge in [-0.25, -0.2) is 9.37 Å². The van der Waals surface area contributed by atoms with E-state index >= 15 is 0 Å². The molecule has 1 aromatic heterocycles. The molecular formula is C17H21FN2O2. The molecule has 0 spiro atoms. The Hall–Kier alpha value is -1.88. The minimum Gasteiger partial charge on any atom is -0.497 e. The van der Waals surface area contributed by atoms with E-state index in [4.69, 9.17) is 4.74 Å². The molecule has 2 atom stereocenters. The summed E-state index contributed by atoms with van der Waals surface area (Å²) in [5.41, 5.74) is 0.454. The minimum atomic E-state index is -0.303. The molecule has 5 heteroatoms. The van der Waals surface area contributed by atoms with Crippen LogP contribution in [-0.2, 0) is 0 Å². The lowest BCUT2D eigenvalue weighted by Crippen LogP contribution is -2.21. The molecule has 2 aromatic rings. The van der Waals surface area contributed by atoms with Crippen LogP contribution in [0.25, 0.3) is 11.4 Å². The summed E-state index contributed by atoms with van der Waals surface area (Å²) in [6, 6.07) is 4.95. The molecule has 1 saturated carbocycles. The highest BCUT2D eigenvalue weighted by atomic mass is 19.1. The van der Waals surface area contributed by atoms with Gasteiger partial charge in [-0.3, -0.25) is 0 Å². The molecule has 1 N–H and O–H groups in total. The Bertz CT molecular complexity index is 641. The van der Waals surface area contributed by atoms with Gasteiger partial charge in [-0.2, -0.15) is 0 Å². The van der Waals surface area contributed by atoms with Crippen LogP contribution in [0.15, 0.2) is 30.6 Å². The van der Waals surface area contributed by atoms with Crippen molar-refractivity contribution >= 4 is 0 Å². The zero-order chi connectivity index (χ0) is 15.5. The Labute approximate surface area is 129 Å². The van der Waals surface area contributed by atoms with Crippen molar-refractivity contribution in [3.63, 3.8) is 0 Å². The van der Waals surface area contributed by atoms with Crippen LogP contribution < -0.4 is 4.74 Å². The van der Waals surface area contributed by atoms with Crippen LogP contribution in [0.4, 0.5) is 4.39 Å². The first-order valence-corrected chi connectivity index (χ1v) is 7.70. The maximum absolute atomic E-state index is 14.2. The fraction of sp³-hybridized carbons (Fsp3) is 0.471. The summed E-state index contributed by atoms with van der Waals surface area (Å²) in [5, 5.41) is 9.40. The zero-order valence-corrected chi connectivity index (χ0v) is 12.7. The average molecular weight is 304 g/mol. The first kappa shape index (κ1) is 15.0. The van der Waals surface area contributed by atoms with Crippen LogP contribution >= 0.6 is 0 Å². The van der Waals surface area contributed by atoms with Gasteiger partial charge < -0.3 is 14.4 Å². The van der Waals surface area contributed by atoms with E-state index in [2.05, 4.69) is 4.98 Å². The molecule has 1 aliphatic carbocycles. The van der Waals surface area contributed by atoms with Gasteiger partial charge in [0, 0.05) is 25.0 Å². The summed E-state index contributed by atoms with van der Waals surface area (Å²) in [6.07, 6.45) is 7.69. The molecule has 0 saturated heterocycles. The van der Waals surface area contributed by atoms with Crippen LogP contribution in [0.1, 0.15) is 31.7 Å². The molecule has 0 amide bonds. The molecule has 1 fully saturated rings. The van der Waals surface area contributed by atoms with Gasteiger partial charge in [0.1, 0.15) is 17.4 Å². The number of ether oxygens (including phenoxy) is 1. The number of halogens is 1. The quantitative estimate of drug-likeness (QED) is 0.941. The van der Waals surface area contributed by atoms with E-state index in [0.717, 1.165) is 25.7 Å². The predicted octanol–water partition coefficient (Wildman–Crippen LogP) is 3.42.